The molecule has 0 atom stereocenters. The maximum absolute atomic E-state index is 11.5. The SMILES string of the molecule is COc1cccc(-c2nc3cc4[nH]c(=O)[nH]c4cc3[nH]2)c1OCCN(C)C. The van der Waals surface area contributed by atoms with E-state index in [0.717, 1.165) is 34.2 Å². The molecular formula is C19H21N5O3. The molecular weight excluding hydrogens is 346 g/mol. The van der Waals surface area contributed by atoms with Crippen LogP contribution in [0.2, 0.25) is 0 Å². The highest BCUT2D eigenvalue weighted by Gasteiger charge is 2.16. The van der Waals surface area contributed by atoms with Gasteiger partial charge >= 0.3 is 5.69 Å². The minimum atomic E-state index is -0.234. The van der Waals surface area contributed by atoms with Gasteiger partial charge in [-0.1, -0.05) is 6.07 Å². The van der Waals surface area contributed by atoms with Gasteiger partial charge in [-0.25, -0.2) is 9.78 Å². The largest absolute Gasteiger partial charge is 0.493 e. The summed E-state index contributed by atoms with van der Waals surface area (Å²) in [6, 6.07) is 9.42. The summed E-state index contributed by atoms with van der Waals surface area (Å²) in [6.07, 6.45) is 0. The Hall–Kier alpha value is -3.26. The predicted molar refractivity (Wildman–Crippen MR) is 105 cm³/mol. The molecule has 0 saturated heterocycles. The fourth-order valence-corrected chi connectivity index (χ4v) is 3.01. The normalized spacial score (nSPS) is 11.6. The number of likely N-dealkylation sites (N-methyl/N-ethyl adjacent to an activating group) is 1. The van der Waals surface area contributed by atoms with Crippen LogP contribution in [-0.2, 0) is 0 Å². The lowest BCUT2D eigenvalue weighted by Crippen LogP contribution is -2.19. The third kappa shape index (κ3) is 3.26. The fourth-order valence-electron chi connectivity index (χ4n) is 3.01. The van der Waals surface area contributed by atoms with E-state index in [4.69, 9.17) is 9.47 Å². The van der Waals surface area contributed by atoms with Crippen molar-refractivity contribution in [3.63, 3.8) is 0 Å². The van der Waals surface area contributed by atoms with Gasteiger partial charge in [0.25, 0.3) is 0 Å². The Morgan fingerprint density at radius 1 is 1.07 bits per heavy atom. The van der Waals surface area contributed by atoms with E-state index in [9.17, 15) is 4.79 Å². The molecule has 0 spiro atoms. The average molecular weight is 367 g/mol. The lowest BCUT2D eigenvalue weighted by molar-refractivity contribution is 0.251. The summed E-state index contributed by atoms with van der Waals surface area (Å²) >= 11 is 0. The number of benzene rings is 2. The lowest BCUT2D eigenvalue weighted by atomic mass is 10.1. The maximum atomic E-state index is 11.5. The standard InChI is InChI=1S/C19H21N5O3/c1-24(2)7-8-27-17-11(5-4-6-16(17)26-3)18-20-12-9-14-15(10-13(12)21-18)23-19(25)22-14/h4-6,9-10H,7-8H2,1-3H3,(H,20,21)(H2,22,23,25). The molecule has 2 heterocycles. The van der Waals surface area contributed by atoms with E-state index in [-0.39, 0.29) is 5.69 Å². The van der Waals surface area contributed by atoms with Crippen LogP contribution in [0.4, 0.5) is 0 Å². The van der Waals surface area contributed by atoms with E-state index in [1.165, 1.54) is 0 Å². The number of ether oxygens (including phenoxy) is 2. The average Bonchev–Trinajstić information content (AvgIpc) is 3.20. The van der Waals surface area contributed by atoms with E-state index in [2.05, 4.69) is 24.8 Å². The summed E-state index contributed by atoms with van der Waals surface area (Å²) in [7, 11) is 5.62. The number of hydrogen-bond acceptors (Lipinski definition) is 5. The second kappa shape index (κ2) is 6.81. The highest BCUT2D eigenvalue weighted by atomic mass is 16.5. The summed E-state index contributed by atoms with van der Waals surface area (Å²) in [5, 5.41) is 0. The molecule has 0 unspecified atom stereocenters. The molecule has 0 saturated carbocycles. The molecule has 0 radical (unpaired) electrons. The molecule has 8 nitrogen and oxygen atoms in total. The molecule has 4 aromatic rings. The summed E-state index contributed by atoms with van der Waals surface area (Å²) in [5.74, 6) is 1.99. The molecule has 0 aliphatic rings. The molecule has 8 heteroatoms. The van der Waals surface area contributed by atoms with Crippen molar-refractivity contribution in [2.45, 2.75) is 0 Å². The highest BCUT2D eigenvalue weighted by Crippen LogP contribution is 2.37. The zero-order valence-corrected chi connectivity index (χ0v) is 15.4. The first kappa shape index (κ1) is 17.2. The van der Waals surface area contributed by atoms with Crippen molar-refractivity contribution in [3.8, 4) is 22.9 Å². The number of aromatic nitrogens is 4. The quantitative estimate of drug-likeness (QED) is 0.486. The number of methoxy groups -OCH3 is 1. The van der Waals surface area contributed by atoms with Crippen LogP contribution in [-0.4, -0.2) is 59.2 Å². The van der Waals surface area contributed by atoms with Crippen molar-refractivity contribution >= 4 is 22.1 Å². The number of H-pyrrole nitrogens is 3. The third-order valence-corrected chi connectivity index (χ3v) is 4.36. The number of nitrogens with zero attached hydrogens (tertiary/aromatic N) is 2. The van der Waals surface area contributed by atoms with Gasteiger partial charge in [0, 0.05) is 6.54 Å². The molecule has 0 aliphatic heterocycles. The van der Waals surface area contributed by atoms with Crippen molar-refractivity contribution in [2.75, 3.05) is 34.4 Å². The number of rotatable bonds is 6. The number of fused-ring (bicyclic) bond motifs is 2. The van der Waals surface area contributed by atoms with Crippen LogP contribution < -0.4 is 15.2 Å². The first-order valence-electron chi connectivity index (χ1n) is 8.62. The highest BCUT2D eigenvalue weighted by molar-refractivity contribution is 5.92. The molecule has 0 bridgehead atoms. The van der Waals surface area contributed by atoms with Crippen molar-refractivity contribution < 1.29 is 9.47 Å². The van der Waals surface area contributed by atoms with E-state index in [1.807, 2.05) is 44.4 Å². The van der Waals surface area contributed by atoms with Crippen molar-refractivity contribution in [1.29, 1.82) is 0 Å². The zero-order chi connectivity index (χ0) is 19.0. The Morgan fingerprint density at radius 2 is 1.85 bits per heavy atom. The van der Waals surface area contributed by atoms with E-state index < -0.39 is 0 Å². The fraction of sp³-hybridized carbons (Fsp3) is 0.263. The number of nitrogens with one attached hydrogen (secondary N) is 3. The van der Waals surface area contributed by atoms with Crippen LogP contribution in [0.25, 0.3) is 33.5 Å². The first-order chi connectivity index (χ1) is 13.0. The summed E-state index contributed by atoms with van der Waals surface area (Å²) in [6.45, 7) is 1.32. The molecule has 2 aromatic heterocycles. The van der Waals surface area contributed by atoms with Gasteiger partial charge < -0.3 is 29.3 Å². The number of hydrogen-bond donors (Lipinski definition) is 3. The Kier molecular flexibility index (Phi) is 4.33. The molecule has 27 heavy (non-hydrogen) atoms. The van der Waals surface area contributed by atoms with Crippen LogP contribution in [0.5, 0.6) is 11.5 Å². The second-order valence-electron chi connectivity index (χ2n) is 6.57. The van der Waals surface area contributed by atoms with E-state index >= 15 is 0 Å². The summed E-state index contributed by atoms with van der Waals surface area (Å²) in [5.41, 5.74) is 3.63. The van der Waals surface area contributed by atoms with Gasteiger partial charge in [0.2, 0.25) is 0 Å². The molecule has 4 rings (SSSR count). The zero-order valence-electron chi connectivity index (χ0n) is 15.4. The second-order valence-corrected chi connectivity index (χ2v) is 6.57. The van der Waals surface area contributed by atoms with Crippen molar-refractivity contribution in [2.24, 2.45) is 0 Å². The molecule has 140 valence electrons. The van der Waals surface area contributed by atoms with Crippen molar-refractivity contribution in [1.82, 2.24) is 24.8 Å². The van der Waals surface area contributed by atoms with Gasteiger partial charge in [-0.3, -0.25) is 0 Å². The Labute approximate surface area is 155 Å². The van der Waals surface area contributed by atoms with Crippen LogP contribution in [0.3, 0.4) is 0 Å². The summed E-state index contributed by atoms with van der Waals surface area (Å²) in [4.78, 5) is 27.0. The molecule has 2 aromatic carbocycles. The van der Waals surface area contributed by atoms with Crippen LogP contribution in [0.1, 0.15) is 0 Å². The molecule has 3 N–H and O–H groups in total. The van der Waals surface area contributed by atoms with Crippen LogP contribution in [0, 0.1) is 0 Å². The van der Waals surface area contributed by atoms with E-state index in [1.54, 1.807) is 7.11 Å². The first-order valence-corrected chi connectivity index (χ1v) is 8.62. The number of imidazole rings is 2. The number of aromatic amines is 3. The summed E-state index contributed by atoms with van der Waals surface area (Å²) < 4.78 is 11.5. The Bertz CT molecular complexity index is 1100. The minimum Gasteiger partial charge on any atom is -0.493 e. The van der Waals surface area contributed by atoms with Gasteiger partial charge in [0.15, 0.2) is 11.5 Å². The maximum Gasteiger partial charge on any atom is 0.323 e. The third-order valence-electron chi connectivity index (χ3n) is 4.36. The smallest absolute Gasteiger partial charge is 0.323 e. The van der Waals surface area contributed by atoms with Crippen molar-refractivity contribution in [3.05, 3.63) is 40.8 Å². The predicted octanol–water partition coefficient (Wildman–Crippen LogP) is 2.35. The molecule has 0 aliphatic carbocycles. The van der Waals surface area contributed by atoms with Gasteiger partial charge in [0.05, 0.1) is 34.7 Å². The van der Waals surface area contributed by atoms with Gasteiger partial charge in [-0.05, 0) is 38.4 Å². The van der Waals surface area contributed by atoms with Crippen LogP contribution >= 0.6 is 0 Å². The topological polar surface area (TPSA) is 99.0 Å². The Balaban J connectivity index is 1.78. The minimum absolute atomic E-state index is 0.234. The lowest BCUT2D eigenvalue weighted by Gasteiger charge is -2.15. The van der Waals surface area contributed by atoms with E-state index in [0.29, 0.717) is 23.9 Å². The molecule has 0 fully saturated rings. The van der Waals surface area contributed by atoms with Gasteiger partial charge in [0.1, 0.15) is 12.4 Å². The van der Waals surface area contributed by atoms with Crippen LogP contribution in [0.15, 0.2) is 35.1 Å². The van der Waals surface area contributed by atoms with Gasteiger partial charge in [-0.2, -0.15) is 0 Å². The monoisotopic (exact) mass is 367 g/mol. The Morgan fingerprint density at radius 3 is 2.59 bits per heavy atom. The van der Waals surface area contributed by atoms with Gasteiger partial charge in [-0.15, -0.1) is 0 Å². The molecule has 0 amide bonds. The number of para-hydroxylation sites is 1.